The first-order valence-corrected chi connectivity index (χ1v) is 8.98. The molecule has 5 nitrogen and oxygen atoms in total. The minimum absolute atomic E-state index is 0.135. The molecule has 0 aliphatic heterocycles. The smallest absolute Gasteiger partial charge is 0.222 e. The largest absolute Gasteiger partial charge is 0.446 e. The molecule has 0 saturated heterocycles. The number of amides is 1. The second-order valence-corrected chi connectivity index (χ2v) is 6.33. The third-order valence-corrected chi connectivity index (χ3v) is 4.48. The molecule has 5 heteroatoms. The third kappa shape index (κ3) is 5.62. The highest BCUT2D eigenvalue weighted by molar-refractivity contribution is 5.76. The number of hydrogen-bond donors (Lipinski definition) is 0. The second-order valence-electron chi connectivity index (χ2n) is 6.33. The number of para-hydroxylation sites is 1. The molecule has 0 atom stereocenters. The highest BCUT2D eigenvalue weighted by atomic mass is 16.4. The predicted molar refractivity (Wildman–Crippen MR) is 101 cm³/mol. The maximum atomic E-state index is 12.3. The van der Waals surface area contributed by atoms with Gasteiger partial charge in [0.15, 0.2) is 5.89 Å². The van der Waals surface area contributed by atoms with Gasteiger partial charge < -0.3 is 14.2 Å². The number of benzene rings is 1. The Hall–Kier alpha value is -2.30. The van der Waals surface area contributed by atoms with E-state index in [0.29, 0.717) is 18.7 Å². The molecule has 0 aliphatic rings. The molecule has 0 radical (unpaired) electrons. The molecule has 0 aliphatic carbocycles. The monoisotopic (exact) mass is 343 g/mol. The average Bonchev–Trinajstić information content (AvgIpc) is 2.95. The van der Waals surface area contributed by atoms with E-state index in [-0.39, 0.29) is 5.91 Å². The lowest BCUT2D eigenvalue weighted by molar-refractivity contribution is -0.129. The Bertz CT molecular complexity index is 647. The van der Waals surface area contributed by atoms with E-state index in [1.807, 2.05) is 31.9 Å². The van der Waals surface area contributed by atoms with Gasteiger partial charge in [0, 0.05) is 45.2 Å². The van der Waals surface area contributed by atoms with Gasteiger partial charge in [-0.15, -0.1) is 0 Å². The summed E-state index contributed by atoms with van der Waals surface area (Å²) in [7, 11) is 1.87. The van der Waals surface area contributed by atoms with Crippen LogP contribution in [0.1, 0.15) is 37.1 Å². The van der Waals surface area contributed by atoms with E-state index in [1.165, 1.54) is 5.69 Å². The van der Waals surface area contributed by atoms with Gasteiger partial charge in [-0.2, -0.15) is 0 Å². The highest BCUT2D eigenvalue weighted by Crippen LogP contribution is 2.13. The lowest BCUT2D eigenvalue weighted by Gasteiger charge is -2.24. The number of anilines is 1. The number of carbonyl (C=O) groups is 1. The summed E-state index contributed by atoms with van der Waals surface area (Å²) >= 11 is 0. The molecule has 25 heavy (non-hydrogen) atoms. The summed E-state index contributed by atoms with van der Waals surface area (Å²) in [6.07, 6.45) is 1.94. The van der Waals surface area contributed by atoms with Gasteiger partial charge in [-0.05, 0) is 39.3 Å². The van der Waals surface area contributed by atoms with Gasteiger partial charge in [0.25, 0.3) is 0 Å². The summed E-state index contributed by atoms with van der Waals surface area (Å²) in [5.41, 5.74) is 2.13. The molecule has 2 rings (SSSR count). The van der Waals surface area contributed by atoms with E-state index in [2.05, 4.69) is 41.1 Å². The van der Waals surface area contributed by atoms with E-state index in [1.54, 1.807) is 0 Å². The maximum absolute atomic E-state index is 12.3. The third-order valence-electron chi connectivity index (χ3n) is 4.48. The summed E-state index contributed by atoms with van der Waals surface area (Å²) in [4.78, 5) is 20.7. The van der Waals surface area contributed by atoms with Gasteiger partial charge in [-0.1, -0.05) is 18.2 Å². The first-order valence-electron chi connectivity index (χ1n) is 8.98. The number of hydrogen-bond acceptors (Lipinski definition) is 4. The first-order chi connectivity index (χ1) is 12.0. The van der Waals surface area contributed by atoms with Crippen molar-refractivity contribution in [3.05, 3.63) is 47.7 Å². The second kappa shape index (κ2) is 9.25. The van der Waals surface area contributed by atoms with E-state index in [4.69, 9.17) is 4.42 Å². The molecule has 0 N–H and O–H groups in total. The van der Waals surface area contributed by atoms with Crippen LogP contribution in [-0.4, -0.2) is 42.5 Å². The van der Waals surface area contributed by atoms with E-state index in [9.17, 15) is 4.79 Å². The Morgan fingerprint density at radius 3 is 2.48 bits per heavy atom. The van der Waals surface area contributed by atoms with Crippen molar-refractivity contribution in [3.63, 3.8) is 0 Å². The summed E-state index contributed by atoms with van der Waals surface area (Å²) in [6.45, 7) is 8.63. The molecule has 1 aromatic carbocycles. The van der Waals surface area contributed by atoms with Crippen LogP contribution in [0, 0.1) is 13.8 Å². The van der Waals surface area contributed by atoms with Crippen molar-refractivity contribution in [1.82, 2.24) is 9.88 Å². The van der Waals surface area contributed by atoms with Crippen LogP contribution in [0.3, 0.4) is 0 Å². The van der Waals surface area contributed by atoms with Crippen LogP contribution < -0.4 is 4.90 Å². The van der Waals surface area contributed by atoms with Crippen LogP contribution in [0.4, 0.5) is 5.69 Å². The fourth-order valence-corrected chi connectivity index (χ4v) is 2.78. The van der Waals surface area contributed by atoms with Crippen molar-refractivity contribution in [1.29, 1.82) is 0 Å². The molecular formula is C20H29N3O2. The highest BCUT2D eigenvalue weighted by Gasteiger charge is 2.12. The molecule has 0 bridgehead atoms. The topological polar surface area (TPSA) is 49.6 Å². The van der Waals surface area contributed by atoms with Gasteiger partial charge in [0.2, 0.25) is 5.91 Å². The molecule has 0 fully saturated rings. The average molecular weight is 343 g/mol. The van der Waals surface area contributed by atoms with E-state index < -0.39 is 0 Å². The van der Waals surface area contributed by atoms with Gasteiger partial charge >= 0.3 is 0 Å². The van der Waals surface area contributed by atoms with Crippen LogP contribution in [0.5, 0.6) is 0 Å². The van der Waals surface area contributed by atoms with Crippen molar-refractivity contribution in [2.75, 3.05) is 31.6 Å². The zero-order chi connectivity index (χ0) is 18.2. The first kappa shape index (κ1) is 19.0. The fourth-order valence-electron chi connectivity index (χ4n) is 2.78. The zero-order valence-corrected chi connectivity index (χ0v) is 15.8. The molecule has 1 aromatic heterocycles. The molecule has 0 spiro atoms. The Kier molecular flexibility index (Phi) is 7.04. The van der Waals surface area contributed by atoms with Crippen molar-refractivity contribution in [2.24, 2.45) is 0 Å². The number of aromatic nitrogens is 1. The molecule has 1 amide bonds. The van der Waals surface area contributed by atoms with Crippen LogP contribution in [0.15, 0.2) is 34.7 Å². The van der Waals surface area contributed by atoms with Crippen molar-refractivity contribution in [3.8, 4) is 0 Å². The Labute approximate surface area is 150 Å². The maximum Gasteiger partial charge on any atom is 0.222 e. The lowest BCUT2D eigenvalue weighted by Crippen LogP contribution is -2.31. The molecule has 136 valence electrons. The van der Waals surface area contributed by atoms with Crippen LogP contribution >= 0.6 is 0 Å². The lowest BCUT2D eigenvalue weighted by atomic mass is 10.2. The van der Waals surface area contributed by atoms with Crippen molar-refractivity contribution in [2.45, 2.75) is 40.0 Å². The van der Waals surface area contributed by atoms with Gasteiger partial charge in [-0.3, -0.25) is 4.79 Å². The minimum Gasteiger partial charge on any atom is -0.446 e. The minimum atomic E-state index is 0.135. The molecular weight excluding hydrogens is 314 g/mol. The van der Waals surface area contributed by atoms with Gasteiger partial charge in [0.05, 0.1) is 5.69 Å². The standard InChI is InChI=1S/C20H29N3O2/c1-5-23(18-10-7-6-8-11-18)15-9-14-22(4)20(24)13-12-19-21-16(2)17(3)25-19/h6-8,10-11H,5,9,12-15H2,1-4H3. The molecule has 2 aromatic rings. The number of carbonyl (C=O) groups excluding carboxylic acids is 1. The molecule has 1 heterocycles. The van der Waals surface area contributed by atoms with Crippen LogP contribution in [0.2, 0.25) is 0 Å². The van der Waals surface area contributed by atoms with E-state index in [0.717, 1.165) is 37.5 Å². The van der Waals surface area contributed by atoms with Gasteiger partial charge in [-0.25, -0.2) is 4.98 Å². The summed E-state index contributed by atoms with van der Waals surface area (Å²) in [5, 5.41) is 0. The van der Waals surface area contributed by atoms with Crippen molar-refractivity contribution >= 4 is 11.6 Å². The SMILES string of the molecule is CCN(CCCN(C)C(=O)CCc1nc(C)c(C)o1)c1ccccc1. The van der Waals surface area contributed by atoms with Gasteiger partial charge in [0.1, 0.15) is 5.76 Å². The molecule has 0 unspecified atom stereocenters. The zero-order valence-electron chi connectivity index (χ0n) is 15.8. The Morgan fingerprint density at radius 2 is 1.88 bits per heavy atom. The molecule has 0 saturated carbocycles. The van der Waals surface area contributed by atoms with Crippen LogP contribution in [0.25, 0.3) is 0 Å². The summed E-state index contributed by atoms with van der Waals surface area (Å²) in [6, 6.07) is 10.4. The fraction of sp³-hybridized carbons (Fsp3) is 0.500. The predicted octanol–water partition coefficient (Wildman–Crippen LogP) is 3.60. The summed E-state index contributed by atoms with van der Waals surface area (Å²) < 4.78 is 5.53. The Balaban J connectivity index is 1.73. The number of aryl methyl sites for hydroxylation is 3. The van der Waals surface area contributed by atoms with E-state index >= 15 is 0 Å². The Morgan fingerprint density at radius 1 is 1.16 bits per heavy atom. The quantitative estimate of drug-likeness (QED) is 0.698. The van der Waals surface area contributed by atoms with Crippen molar-refractivity contribution < 1.29 is 9.21 Å². The number of nitrogens with zero attached hydrogens (tertiary/aromatic N) is 3. The normalized spacial score (nSPS) is 10.7. The number of rotatable bonds is 9. The van der Waals surface area contributed by atoms with Crippen LogP contribution in [-0.2, 0) is 11.2 Å². The summed E-state index contributed by atoms with van der Waals surface area (Å²) in [5.74, 6) is 1.62. The number of oxazole rings is 1.